The number of anilines is 2. The van der Waals surface area contributed by atoms with E-state index in [-0.39, 0.29) is 17.4 Å². The van der Waals surface area contributed by atoms with Crippen LogP contribution in [-0.4, -0.2) is 48.1 Å². The summed E-state index contributed by atoms with van der Waals surface area (Å²) in [5, 5.41) is 5.34. The van der Waals surface area contributed by atoms with E-state index in [0.717, 1.165) is 16.7 Å². The van der Waals surface area contributed by atoms with Gasteiger partial charge in [0.1, 0.15) is 18.0 Å². The van der Waals surface area contributed by atoms with Crippen molar-refractivity contribution in [3.05, 3.63) is 88.3 Å². The molecule has 1 saturated heterocycles. The third-order valence-corrected chi connectivity index (χ3v) is 6.39. The molecule has 11 heteroatoms. The lowest BCUT2D eigenvalue weighted by atomic mass is 10.2. The minimum absolute atomic E-state index is 0.194. The lowest BCUT2D eigenvalue weighted by molar-refractivity contribution is -0.127. The maximum Gasteiger partial charge on any atom is 0.294 e. The average Bonchev–Trinajstić information content (AvgIpc) is 3.17. The highest BCUT2D eigenvalue weighted by Gasteiger charge is 2.36. The quantitative estimate of drug-likeness (QED) is 0.358. The zero-order valence-electron chi connectivity index (χ0n) is 20.1. The number of carbonyl (C=O) groups excluding carboxylic acids is 4. The van der Waals surface area contributed by atoms with Gasteiger partial charge in [-0.25, -0.2) is 0 Å². The number of carbonyl (C=O) groups is 4. The number of ether oxygens (including phenoxy) is 2. The van der Waals surface area contributed by atoms with Gasteiger partial charge in [0.05, 0.1) is 17.7 Å². The van der Waals surface area contributed by atoms with Gasteiger partial charge in [0.15, 0.2) is 6.61 Å². The maximum atomic E-state index is 12.7. The number of nitrogens with zero attached hydrogens (tertiary/aromatic N) is 1. The van der Waals surface area contributed by atoms with Crippen molar-refractivity contribution in [3.8, 4) is 11.5 Å². The Bertz CT molecular complexity index is 1390. The normalized spacial score (nSPS) is 13.9. The zero-order chi connectivity index (χ0) is 27.1. The Morgan fingerprint density at radius 3 is 2.37 bits per heavy atom. The second-order valence-electron chi connectivity index (χ2n) is 7.93. The summed E-state index contributed by atoms with van der Waals surface area (Å²) >= 11 is 6.59. The Balaban J connectivity index is 1.31. The summed E-state index contributed by atoms with van der Waals surface area (Å²) in [5.74, 6) is -0.430. The molecule has 0 aromatic heterocycles. The fourth-order valence-electron chi connectivity index (χ4n) is 3.41. The van der Waals surface area contributed by atoms with E-state index >= 15 is 0 Å². The molecule has 1 aliphatic rings. The number of para-hydroxylation sites is 2. The number of hydrogen-bond acceptors (Lipinski definition) is 7. The molecule has 3 aromatic rings. The molecule has 3 aromatic carbocycles. The van der Waals surface area contributed by atoms with Crippen LogP contribution in [-0.2, 0) is 14.4 Å². The van der Waals surface area contributed by atoms with Gasteiger partial charge in [-0.3, -0.25) is 24.1 Å². The molecule has 0 atom stereocenters. The van der Waals surface area contributed by atoms with E-state index < -0.39 is 23.6 Å². The molecule has 4 rings (SSSR count). The monoisotopic (exact) mass is 551 g/mol. The Labute approximate surface area is 227 Å². The first-order valence-electron chi connectivity index (χ1n) is 11.3. The van der Waals surface area contributed by atoms with Crippen LogP contribution >= 0.6 is 23.4 Å². The lowest BCUT2D eigenvalue weighted by Crippen LogP contribution is -2.36. The second-order valence-corrected chi connectivity index (χ2v) is 9.36. The second kappa shape index (κ2) is 12.3. The van der Waals surface area contributed by atoms with Gasteiger partial charge in [0.25, 0.3) is 17.1 Å². The first-order valence-corrected chi connectivity index (χ1v) is 12.5. The Hall–Kier alpha value is -4.28. The van der Waals surface area contributed by atoms with Gasteiger partial charge in [-0.2, -0.15) is 0 Å². The number of hydrogen-bond donors (Lipinski definition) is 2. The third kappa shape index (κ3) is 6.93. The van der Waals surface area contributed by atoms with Crippen LogP contribution in [0.1, 0.15) is 5.56 Å². The van der Waals surface area contributed by atoms with Crippen molar-refractivity contribution in [2.45, 2.75) is 0 Å². The van der Waals surface area contributed by atoms with Crippen molar-refractivity contribution < 1.29 is 28.7 Å². The SMILES string of the molecule is COc1ccccc1NC(=O)COc1ccc(/C=C2\SC(=O)N(CC(=O)Nc3ccc(Cl)cc3)C2=O)cc1. The Kier molecular flexibility index (Phi) is 8.67. The molecule has 0 aliphatic carbocycles. The lowest BCUT2D eigenvalue weighted by Gasteiger charge is -2.12. The maximum absolute atomic E-state index is 12.7. The van der Waals surface area contributed by atoms with Gasteiger partial charge in [-0.15, -0.1) is 0 Å². The summed E-state index contributed by atoms with van der Waals surface area (Å²) in [6, 6.07) is 20.2. The van der Waals surface area contributed by atoms with E-state index in [0.29, 0.717) is 33.5 Å². The first kappa shape index (κ1) is 26.8. The predicted molar refractivity (Wildman–Crippen MR) is 146 cm³/mol. The van der Waals surface area contributed by atoms with Crippen LogP contribution in [0, 0.1) is 0 Å². The number of benzene rings is 3. The fourth-order valence-corrected chi connectivity index (χ4v) is 4.37. The standard InChI is InChI=1S/C27H22ClN3O6S/c1-36-22-5-3-2-4-21(22)30-25(33)16-37-20-12-6-17(7-13-20)14-23-26(34)31(27(35)38-23)15-24(32)29-19-10-8-18(28)9-11-19/h2-14H,15-16H2,1H3,(H,29,32)(H,30,33)/b23-14-. The topological polar surface area (TPSA) is 114 Å². The third-order valence-electron chi connectivity index (χ3n) is 5.23. The molecule has 0 spiro atoms. The highest BCUT2D eigenvalue weighted by Crippen LogP contribution is 2.32. The molecule has 4 amide bonds. The number of thioether (sulfide) groups is 1. The van der Waals surface area contributed by atoms with Crippen LogP contribution in [0.15, 0.2) is 77.7 Å². The van der Waals surface area contributed by atoms with Gasteiger partial charge < -0.3 is 20.1 Å². The van der Waals surface area contributed by atoms with Crippen LogP contribution < -0.4 is 20.1 Å². The van der Waals surface area contributed by atoms with Gasteiger partial charge in [-0.05, 0) is 71.9 Å². The largest absolute Gasteiger partial charge is 0.495 e. The minimum Gasteiger partial charge on any atom is -0.495 e. The zero-order valence-corrected chi connectivity index (χ0v) is 21.7. The molecule has 9 nitrogen and oxygen atoms in total. The molecule has 0 radical (unpaired) electrons. The van der Waals surface area contributed by atoms with Gasteiger partial charge in [0.2, 0.25) is 5.91 Å². The summed E-state index contributed by atoms with van der Waals surface area (Å²) in [7, 11) is 1.52. The molecule has 38 heavy (non-hydrogen) atoms. The van der Waals surface area contributed by atoms with Crippen molar-refractivity contribution in [2.24, 2.45) is 0 Å². The van der Waals surface area contributed by atoms with E-state index in [4.69, 9.17) is 21.1 Å². The van der Waals surface area contributed by atoms with Crippen molar-refractivity contribution >= 4 is 63.8 Å². The van der Waals surface area contributed by atoms with Crippen molar-refractivity contribution in [3.63, 3.8) is 0 Å². The molecule has 0 bridgehead atoms. The van der Waals surface area contributed by atoms with Gasteiger partial charge >= 0.3 is 0 Å². The molecule has 0 unspecified atom stereocenters. The summed E-state index contributed by atoms with van der Waals surface area (Å²) in [5.41, 5.74) is 1.68. The molecule has 0 saturated carbocycles. The van der Waals surface area contributed by atoms with Crippen LogP contribution in [0.25, 0.3) is 6.08 Å². The van der Waals surface area contributed by atoms with Gasteiger partial charge in [-0.1, -0.05) is 35.9 Å². The van der Waals surface area contributed by atoms with E-state index in [1.807, 2.05) is 0 Å². The van der Waals surface area contributed by atoms with Crippen LogP contribution in [0.3, 0.4) is 0 Å². The average molecular weight is 552 g/mol. The predicted octanol–water partition coefficient (Wildman–Crippen LogP) is 5.04. The van der Waals surface area contributed by atoms with Crippen molar-refractivity contribution in [1.29, 1.82) is 0 Å². The first-order chi connectivity index (χ1) is 18.3. The van der Waals surface area contributed by atoms with E-state index in [1.165, 1.54) is 7.11 Å². The smallest absolute Gasteiger partial charge is 0.294 e. The van der Waals surface area contributed by atoms with Gasteiger partial charge in [0, 0.05) is 10.7 Å². The van der Waals surface area contributed by atoms with E-state index in [1.54, 1.807) is 78.9 Å². The molecular formula is C27H22ClN3O6S. The van der Waals surface area contributed by atoms with Crippen LogP contribution in [0.4, 0.5) is 16.2 Å². The number of methoxy groups -OCH3 is 1. The number of rotatable bonds is 9. The molecule has 1 heterocycles. The van der Waals surface area contributed by atoms with Crippen molar-refractivity contribution in [1.82, 2.24) is 4.90 Å². The molecule has 1 fully saturated rings. The number of halogens is 1. The molecule has 2 N–H and O–H groups in total. The summed E-state index contributed by atoms with van der Waals surface area (Å²) in [6.45, 7) is -0.622. The summed E-state index contributed by atoms with van der Waals surface area (Å²) in [6.07, 6.45) is 1.56. The molecular weight excluding hydrogens is 530 g/mol. The van der Waals surface area contributed by atoms with Crippen molar-refractivity contribution in [2.75, 3.05) is 30.9 Å². The van der Waals surface area contributed by atoms with E-state index in [2.05, 4.69) is 10.6 Å². The summed E-state index contributed by atoms with van der Waals surface area (Å²) in [4.78, 5) is 50.7. The number of amides is 4. The number of nitrogens with one attached hydrogen (secondary N) is 2. The minimum atomic E-state index is -0.556. The Morgan fingerprint density at radius 1 is 0.947 bits per heavy atom. The van der Waals surface area contributed by atoms with Crippen LogP contribution in [0.2, 0.25) is 5.02 Å². The highest BCUT2D eigenvalue weighted by atomic mass is 35.5. The fraction of sp³-hybridized carbons (Fsp3) is 0.111. The molecule has 1 aliphatic heterocycles. The molecule has 194 valence electrons. The van der Waals surface area contributed by atoms with Crippen LogP contribution in [0.5, 0.6) is 11.5 Å². The number of imide groups is 1. The highest BCUT2D eigenvalue weighted by molar-refractivity contribution is 8.18. The summed E-state index contributed by atoms with van der Waals surface area (Å²) < 4.78 is 10.7. The Morgan fingerprint density at radius 2 is 1.66 bits per heavy atom. The van der Waals surface area contributed by atoms with E-state index in [9.17, 15) is 19.2 Å².